The van der Waals surface area contributed by atoms with Gasteiger partial charge in [0.1, 0.15) is 0 Å². The summed E-state index contributed by atoms with van der Waals surface area (Å²) in [5.41, 5.74) is 2.70. The maximum absolute atomic E-state index is 4.55. The topological polar surface area (TPSA) is 57.4 Å². The van der Waals surface area contributed by atoms with E-state index in [2.05, 4.69) is 89.2 Å². The molecular weight excluding hydrogens is 360 g/mol. The molecular formula is C20H34N4S2. The van der Waals surface area contributed by atoms with Gasteiger partial charge in [-0.2, -0.15) is 0 Å². The molecule has 2 heterocycles. The lowest BCUT2D eigenvalue weighted by Gasteiger charge is -2.37. The van der Waals surface area contributed by atoms with Gasteiger partial charge >= 0.3 is 0 Å². The van der Waals surface area contributed by atoms with Gasteiger partial charge in [-0.05, 0) is 32.4 Å². The first-order chi connectivity index (χ1) is 11.7. The van der Waals surface area contributed by atoms with Crippen LogP contribution >= 0.6 is 21.6 Å². The molecule has 6 heteroatoms. The first-order valence-electron chi connectivity index (χ1n) is 9.12. The summed E-state index contributed by atoms with van der Waals surface area (Å²) in [6.45, 7) is 22.6. The normalized spacial score (nSPS) is 14.1. The molecule has 0 aliphatic rings. The molecule has 0 aliphatic heterocycles. The van der Waals surface area contributed by atoms with Gasteiger partial charge in [0.05, 0.1) is 0 Å². The van der Waals surface area contributed by atoms with Crippen LogP contribution in [-0.4, -0.2) is 19.9 Å². The SMILES string of the molecule is CC(C)(C)C(C)(C)c1cnc(SSc2ncc(C(C)(C)C(C)(C)C)[nH]2)[nH]1. The molecule has 2 aromatic heterocycles. The van der Waals surface area contributed by atoms with Gasteiger partial charge in [0.25, 0.3) is 0 Å². The number of nitrogens with one attached hydrogen (secondary N) is 2. The van der Waals surface area contributed by atoms with E-state index in [0.717, 1.165) is 10.3 Å². The molecule has 0 radical (unpaired) electrons. The molecule has 0 bridgehead atoms. The predicted octanol–water partition coefficient (Wildman–Crippen LogP) is 6.58. The van der Waals surface area contributed by atoms with E-state index in [0.29, 0.717) is 0 Å². The van der Waals surface area contributed by atoms with Crippen molar-refractivity contribution in [3.05, 3.63) is 23.8 Å². The number of aromatic nitrogens is 4. The van der Waals surface area contributed by atoms with Gasteiger partial charge in [-0.15, -0.1) is 0 Å². The lowest BCUT2D eigenvalue weighted by atomic mass is 9.67. The van der Waals surface area contributed by atoms with Gasteiger partial charge in [-0.3, -0.25) is 0 Å². The summed E-state index contributed by atoms with van der Waals surface area (Å²) in [5, 5.41) is 1.82. The molecule has 146 valence electrons. The minimum Gasteiger partial charge on any atom is -0.336 e. The molecule has 0 atom stereocenters. The largest absolute Gasteiger partial charge is 0.336 e. The van der Waals surface area contributed by atoms with Crippen LogP contribution in [0.15, 0.2) is 22.7 Å². The van der Waals surface area contributed by atoms with E-state index in [9.17, 15) is 0 Å². The third-order valence-corrected chi connectivity index (χ3v) is 8.41. The monoisotopic (exact) mass is 394 g/mol. The summed E-state index contributed by atoms with van der Waals surface area (Å²) in [6, 6.07) is 0. The van der Waals surface area contributed by atoms with Gasteiger partial charge in [0.15, 0.2) is 10.3 Å². The Morgan fingerprint density at radius 2 is 0.923 bits per heavy atom. The van der Waals surface area contributed by atoms with E-state index in [1.54, 1.807) is 21.6 Å². The Hall–Kier alpha value is -0.880. The number of H-pyrrole nitrogens is 2. The zero-order chi connectivity index (χ0) is 20.0. The molecule has 2 rings (SSSR count). The van der Waals surface area contributed by atoms with Crippen LogP contribution in [-0.2, 0) is 10.8 Å². The van der Waals surface area contributed by atoms with Crippen LogP contribution in [0, 0.1) is 10.8 Å². The van der Waals surface area contributed by atoms with Crippen molar-refractivity contribution in [1.29, 1.82) is 0 Å². The summed E-state index contributed by atoms with van der Waals surface area (Å²) >= 11 is 0. The first kappa shape index (κ1) is 21.4. The zero-order valence-corrected chi connectivity index (χ0v) is 19.5. The minimum absolute atomic E-state index is 0.0259. The highest BCUT2D eigenvalue weighted by molar-refractivity contribution is 8.76. The maximum atomic E-state index is 4.55. The summed E-state index contributed by atoms with van der Waals surface area (Å²) in [5.74, 6) is 0. The molecule has 0 spiro atoms. The number of imidazole rings is 2. The van der Waals surface area contributed by atoms with Crippen LogP contribution < -0.4 is 0 Å². The third-order valence-electron chi connectivity index (χ3n) is 6.40. The van der Waals surface area contributed by atoms with Gasteiger partial charge in [0, 0.05) is 34.6 Å². The molecule has 0 saturated heterocycles. The lowest BCUT2D eigenvalue weighted by Crippen LogP contribution is -2.34. The predicted molar refractivity (Wildman–Crippen MR) is 114 cm³/mol. The van der Waals surface area contributed by atoms with E-state index in [1.807, 2.05) is 12.4 Å². The number of rotatable bonds is 5. The van der Waals surface area contributed by atoms with Crippen molar-refractivity contribution in [1.82, 2.24) is 19.9 Å². The number of aromatic amines is 2. The molecule has 0 unspecified atom stereocenters. The smallest absolute Gasteiger partial charge is 0.176 e. The molecule has 26 heavy (non-hydrogen) atoms. The third kappa shape index (κ3) is 4.16. The van der Waals surface area contributed by atoms with E-state index < -0.39 is 0 Å². The van der Waals surface area contributed by atoms with Crippen LogP contribution in [0.5, 0.6) is 0 Å². The second-order valence-corrected chi connectivity index (χ2v) is 12.2. The fourth-order valence-corrected chi connectivity index (χ4v) is 3.85. The molecule has 0 fully saturated rings. The summed E-state index contributed by atoms with van der Waals surface area (Å²) in [4.78, 5) is 16.1. The molecule has 4 nitrogen and oxygen atoms in total. The number of nitrogens with zero attached hydrogens (tertiary/aromatic N) is 2. The van der Waals surface area contributed by atoms with Crippen molar-refractivity contribution in [2.75, 3.05) is 0 Å². The van der Waals surface area contributed by atoms with Crippen molar-refractivity contribution in [2.24, 2.45) is 10.8 Å². The number of hydrogen-bond donors (Lipinski definition) is 2. The Morgan fingerprint density at radius 1 is 0.615 bits per heavy atom. The average Bonchev–Trinajstić information content (AvgIpc) is 3.12. The molecule has 2 aromatic rings. The van der Waals surface area contributed by atoms with Gasteiger partial charge in [-0.25, -0.2) is 9.97 Å². The average molecular weight is 395 g/mol. The fourth-order valence-electron chi connectivity index (χ4n) is 2.21. The lowest BCUT2D eigenvalue weighted by molar-refractivity contribution is 0.220. The van der Waals surface area contributed by atoms with E-state index in [4.69, 9.17) is 0 Å². The molecule has 2 N–H and O–H groups in total. The standard InChI is InChI=1S/C20H34N4S2/c1-17(2,3)19(7,8)13-11-21-15(23-13)25-26-16-22-12-14(24-16)20(9,10)18(4,5)6/h11-12H,1-10H3,(H,21,23)(H,22,24). The van der Waals surface area contributed by atoms with Crippen molar-refractivity contribution < 1.29 is 0 Å². The summed E-state index contributed by atoms with van der Waals surface area (Å²) in [7, 11) is 3.22. The quantitative estimate of drug-likeness (QED) is 0.562. The van der Waals surface area contributed by atoms with Crippen molar-refractivity contribution in [2.45, 2.75) is 90.4 Å². The van der Waals surface area contributed by atoms with Crippen molar-refractivity contribution in [3.8, 4) is 0 Å². The van der Waals surface area contributed by atoms with Gasteiger partial charge in [0.2, 0.25) is 0 Å². The Kier molecular flexibility index (Phi) is 5.71. The highest BCUT2D eigenvalue weighted by Crippen LogP contribution is 2.43. The summed E-state index contributed by atoms with van der Waals surface area (Å²) in [6.07, 6.45) is 3.93. The van der Waals surface area contributed by atoms with E-state index >= 15 is 0 Å². The first-order valence-corrected chi connectivity index (χ1v) is 11.3. The summed E-state index contributed by atoms with van der Waals surface area (Å²) < 4.78 is 0. The minimum atomic E-state index is 0.0259. The van der Waals surface area contributed by atoms with Gasteiger partial charge < -0.3 is 9.97 Å². The van der Waals surface area contributed by atoms with E-state index in [-0.39, 0.29) is 21.7 Å². The zero-order valence-electron chi connectivity index (χ0n) is 17.9. The fraction of sp³-hybridized carbons (Fsp3) is 0.700. The van der Waals surface area contributed by atoms with Crippen LogP contribution in [0.2, 0.25) is 0 Å². The molecule has 0 saturated carbocycles. The Balaban J connectivity index is 2.08. The van der Waals surface area contributed by atoms with Crippen LogP contribution in [0.1, 0.15) is 80.6 Å². The van der Waals surface area contributed by atoms with E-state index in [1.165, 1.54) is 11.4 Å². The van der Waals surface area contributed by atoms with Crippen molar-refractivity contribution in [3.63, 3.8) is 0 Å². The van der Waals surface area contributed by atoms with Crippen molar-refractivity contribution >= 4 is 21.6 Å². The highest BCUT2D eigenvalue weighted by Gasteiger charge is 2.37. The Bertz CT molecular complexity index is 678. The second kappa shape index (κ2) is 6.93. The maximum Gasteiger partial charge on any atom is 0.176 e. The Morgan fingerprint density at radius 3 is 1.19 bits per heavy atom. The van der Waals surface area contributed by atoms with Crippen LogP contribution in [0.4, 0.5) is 0 Å². The Labute approximate surface area is 166 Å². The highest BCUT2D eigenvalue weighted by atomic mass is 33.1. The van der Waals surface area contributed by atoms with Crippen LogP contribution in [0.25, 0.3) is 0 Å². The second-order valence-electron chi connectivity index (χ2n) is 10.1. The van der Waals surface area contributed by atoms with Gasteiger partial charge in [-0.1, -0.05) is 69.2 Å². The molecule has 0 amide bonds. The number of hydrogen-bond acceptors (Lipinski definition) is 4. The molecule has 0 aromatic carbocycles. The van der Waals surface area contributed by atoms with Crippen LogP contribution in [0.3, 0.4) is 0 Å². The molecule has 0 aliphatic carbocycles.